The van der Waals surface area contributed by atoms with Crippen molar-refractivity contribution >= 4 is 11.9 Å². The van der Waals surface area contributed by atoms with Crippen LogP contribution in [0.5, 0.6) is 0 Å². The Balaban J connectivity index is 2.06. The lowest BCUT2D eigenvalue weighted by atomic mass is 10.2. The highest BCUT2D eigenvalue weighted by Gasteiger charge is 2.22. The summed E-state index contributed by atoms with van der Waals surface area (Å²) >= 11 is 0. The average molecular weight is 237 g/mol. The SMILES string of the molecule is O=C(O)CCC1COC(c2ccccc2F)=N1. The zero-order chi connectivity index (χ0) is 12.3. The minimum Gasteiger partial charge on any atom is -0.481 e. The van der Waals surface area contributed by atoms with Crippen LogP contribution in [0.3, 0.4) is 0 Å². The Labute approximate surface area is 97.7 Å². The van der Waals surface area contributed by atoms with E-state index in [1.54, 1.807) is 18.2 Å². The van der Waals surface area contributed by atoms with Crippen LogP contribution in [-0.4, -0.2) is 29.6 Å². The van der Waals surface area contributed by atoms with Gasteiger partial charge in [-0.1, -0.05) is 12.1 Å². The topological polar surface area (TPSA) is 58.9 Å². The number of hydrogen-bond acceptors (Lipinski definition) is 3. The van der Waals surface area contributed by atoms with Gasteiger partial charge in [-0.05, 0) is 18.6 Å². The molecule has 0 fully saturated rings. The summed E-state index contributed by atoms with van der Waals surface area (Å²) in [6.07, 6.45) is 0.454. The van der Waals surface area contributed by atoms with E-state index in [-0.39, 0.29) is 24.2 Å². The van der Waals surface area contributed by atoms with Gasteiger partial charge in [0.05, 0.1) is 11.6 Å². The number of carboxylic acid groups (broad SMARTS) is 1. The Hall–Kier alpha value is -1.91. The molecule has 1 aliphatic rings. The molecule has 0 radical (unpaired) electrons. The van der Waals surface area contributed by atoms with Crippen LogP contribution < -0.4 is 0 Å². The van der Waals surface area contributed by atoms with Crippen LogP contribution in [-0.2, 0) is 9.53 Å². The predicted molar refractivity (Wildman–Crippen MR) is 59.5 cm³/mol. The number of nitrogens with zero attached hydrogens (tertiary/aromatic N) is 1. The van der Waals surface area contributed by atoms with E-state index in [2.05, 4.69) is 4.99 Å². The molecular formula is C12H12FNO3. The van der Waals surface area contributed by atoms with Gasteiger partial charge in [-0.3, -0.25) is 4.79 Å². The molecule has 17 heavy (non-hydrogen) atoms. The molecule has 4 nitrogen and oxygen atoms in total. The fourth-order valence-corrected chi connectivity index (χ4v) is 1.64. The summed E-state index contributed by atoms with van der Waals surface area (Å²) in [6.45, 7) is 0.316. The van der Waals surface area contributed by atoms with Gasteiger partial charge in [-0.15, -0.1) is 0 Å². The summed E-state index contributed by atoms with van der Waals surface area (Å²) in [5.74, 6) is -0.983. The standard InChI is InChI=1S/C12H12FNO3/c13-10-4-2-1-3-9(10)12-14-8(7-17-12)5-6-11(15)16/h1-4,8H,5-7H2,(H,15,16). The largest absolute Gasteiger partial charge is 0.481 e. The van der Waals surface area contributed by atoms with Crippen molar-refractivity contribution in [1.82, 2.24) is 0 Å². The van der Waals surface area contributed by atoms with Gasteiger partial charge in [0.15, 0.2) is 0 Å². The Kier molecular flexibility index (Phi) is 3.37. The molecular weight excluding hydrogens is 225 g/mol. The molecule has 0 saturated heterocycles. The number of aliphatic imine (C=N–C) groups is 1. The monoisotopic (exact) mass is 237 g/mol. The summed E-state index contributed by atoms with van der Waals surface area (Å²) in [5.41, 5.74) is 0.324. The van der Waals surface area contributed by atoms with Crippen molar-refractivity contribution in [3.8, 4) is 0 Å². The van der Waals surface area contributed by atoms with Gasteiger partial charge in [0.25, 0.3) is 0 Å². The van der Waals surface area contributed by atoms with Crippen LogP contribution in [0.25, 0.3) is 0 Å². The first-order valence-electron chi connectivity index (χ1n) is 5.34. The minimum absolute atomic E-state index is 0.0437. The predicted octanol–water partition coefficient (Wildman–Crippen LogP) is 1.84. The Bertz CT molecular complexity index is 459. The van der Waals surface area contributed by atoms with Crippen molar-refractivity contribution < 1.29 is 19.0 Å². The van der Waals surface area contributed by atoms with Crippen molar-refractivity contribution in [3.05, 3.63) is 35.6 Å². The summed E-state index contributed by atoms with van der Waals surface area (Å²) < 4.78 is 18.7. The molecule has 0 aliphatic carbocycles. The summed E-state index contributed by atoms with van der Waals surface area (Å²) in [5, 5.41) is 8.55. The molecule has 90 valence electrons. The highest BCUT2D eigenvalue weighted by molar-refractivity contribution is 5.95. The third-order valence-electron chi connectivity index (χ3n) is 2.51. The molecule has 1 aliphatic heterocycles. The lowest BCUT2D eigenvalue weighted by Crippen LogP contribution is -2.09. The molecule has 1 unspecified atom stereocenters. The van der Waals surface area contributed by atoms with E-state index < -0.39 is 5.97 Å². The Morgan fingerprint density at radius 3 is 3.00 bits per heavy atom. The van der Waals surface area contributed by atoms with Crippen molar-refractivity contribution in [1.29, 1.82) is 0 Å². The average Bonchev–Trinajstić information content (AvgIpc) is 2.75. The quantitative estimate of drug-likeness (QED) is 0.869. The van der Waals surface area contributed by atoms with E-state index >= 15 is 0 Å². The number of carbonyl (C=O) groups is 1. The molecule has 2 rings (SSSR count). The van der Waals surface area contributed by atoms with Gasteiger partial charge in [0.1, 0.15) is 12.4 Å². The van der Waals surface area contributed by atoms with Gasteiger partial charge in [0, 0.05) is 6.42 Å². The van der Waals surface area contributed by atoms with Crippen LogP contribution in [0.2, 0.25) is 0 Å². The molecule has 0 saturated carbocycles. The molecule has 1 heterocycles. The van der Waals surface area contributed by atoms with Crippen LogP contribution >= 0.6 is 0 Å². The number of carboxylic acids is 1. The van der Waals surface area contributed by atoms with E-state index in [1.165, 1.54) is 6.07 Å². The number of halogens is 1. The minimum atomic E-state index is -0.862. The van der Waals surface area contributed by atoms with E-state index in [0.29, 0.717) is 18.6 Å². The maximum Gasteiger partial charge on any atom is 0.303 e. The maximum atomic E-state index is 13.4. The van der Waals surface area contributed by atoms with Crippen molar-refractivity contribution in [3.63, 3.8) is 0 Å². The zero-order valence-corrected chi connectivity index (χ0v) is 9.10. The second-order valence-corrected chi connectivity index (χ2v) is 3.81. The Morgan fingerprint density at radius 1 is 1.53 bits per heavy atom. The molecule has 1 aromatic carbocycles. The number of hydrogen-bond donors (Lipinski definition) is 1. The normalized spacial score (nSPS) is 18.6. The smallest absolute Gasteiger partial charge is 0.303 e. The van der Waals surface area contributed by atoms with E-state index in [9.17, 15) is 9.18 Å². The molecule has 5 heteroatoms. The second-order valence-electron chi connectivity index (χ2n) is 3.81. The first-order chi connectivity index (χ1) is 8.16. The van der Waals surface area contributed by atoms with Crippen molar-refractivity contribution in [2.75, 3.05) is 6.61 Å². The van der Waals surface area contributed by atoms with Gasteiger partial charge in [-0.25, -0.2) is 9.38 Å². The number of rotatable bonds is 4. The fraction of sp³-hybridized carbons (Fsp3) is 0.333. The van der Waals surface area contributed by atoms with Gasteiger partial charge < -0.3 is 9.84 Å². The first kappa shape index (κ1) is 11.6. The number of aliphatic carboxylic acids is 1. The third kappa shape index (κ3) is 2.81. The summed E-state index contributed by atoms with van der Waals surface area (Å²) in [7, 11) is 0. The molecule has 0 aromatic heterocycles. The Morgan fingerprint density at radius 2 is 2.29 bits per heavy atom. The van der Waals surface area contributed by atoms with Crippen LogP contribution in [0, 0.1) is 5.82 Å². The third-order valence-corrected chi connectivity index (χ3v) is 2.51. The van der Waals surface area contributed by atoms with Crippen molar-refractivity contribution in [2.45, 2.75) is 18.9 Å². The van der Waals surface area contributed by atoms with Crippen LogP contribution in [0.1, 0.15) is 18.4 Å². The first-order valence-corrected chi connectivity index (χ1v) is 5.34. The fourth-order valence-electron chi connectivity index (χ4n) is 1.64. The molecule has 1 atom stereocenters. The lowest BCUT2D eigenvalue weighted by Gasteiger charge is -2.01. The van der Waals surface area contributed by atoms with Gasteiger partial charge >= 0.3 is 5.97 Å². The second kappa shape index (κ2) is 4.95. The van der Waals surface area contributed by atoms with Crippen LogP contribution in [0.15, 0.2) is 29.3 Å². The van der Waals surface area contributed by atoms with E-state index in [4.69, 9.17) is 9.84 Å². The van der Waals surface area contributed by atoms with Gasteiger partial charge in [-0.2, -0.15) is 0 Å². The summed E-state index contributed by atoms with van der Waals surface area (Å²) in [4.78, 5) is 14.6. The molecule has 0 spiro atoms. The van der Waals surface area contributed by atoms with Crippen molar-refractivity contribution in [2.24, 2.45) is 4.99 Å². The van der Waals surface area contributed by atoms with Crippen LogP contribution in [0.4, 0.5) is 4.39 Å². The molecule has 1 aromatic rings. The summed E-state index contributed by atoms with van der Waals surface area (Å²) in [6, 6.07) is 6.03. The number of benzene rings is 1. The van der Waals surface area contributed by atoms with Gasteiger partial charge in [0.2, 0.25) is 5.90 Å². The zero-order valence-electron chi connectivity index (χ0n) is 9.10. The maximum absolute atomic E-state index is 13.4. The molecule has 1 N–H and O–H groups in total. The molecule has 0 amide bonds. The van der Waals surface area contributed by atoms with E-state index in [1.807, 2.05) is 0 Å². The lowest BCUT2D eigenvalue weighted by molar-refractivity contribution is -0.137. The highest BCUT2D eigenvalue weighted by atomic mass is 19.1. The molecule has 0 bridgehead atoms. The van der Waals surface area contributed by atoms with E-state index in [0.717, 1.165) is 0 Å². The number of ether oxygens (including phenoxy) is 1. The highest BCUT2D eigenvalue weighted by Crippen LogP contribution is 2.17.